The molecule has 7 heteroatoms. The van der Waals surface area contributed by atoms with Gasteiger partial charge in [0, 0.05) is 18.5 Å². The number of ether oxygens (including phenoxy) is 3. The van der Waals surface area contributed by atoms with E-state index in [1.807, 2.05) is 36.4 Å². The van der Waals surface area contributed by atoms with Gasteiger partial charge >= 0.3 is 0 Å². The second-order valence-corrected chi connectivity index (χ2v) is 8.37. The van der Waals surface area contributed by atoms with Crippen molar-refractivity contribution >= 4 is 0 Å². The Morgan fingerprint density at radius 1 is 0.938 bits per heavy atom. The fourth-order valence-corrected chi connectivity index (χ4v) is 3.73. The number of methoxy groups -OCH3 is 1. The highest BCUT2D eigenvalue weighted by Crippen LogP contribution is 2.34. The van der Waals surface area contributed by atoms with Crippen molar-refractivity contribution in [3.8, 4) is 23.3 Å². The molecule has 0 aliphatic carbocycles. The van der Waals surface area contributed by atoms with Crippen LogP contribution in [0.1, 0.15) is 31.9 Å². The van der Waals surface area contributed by atoms with Gasteiger partial charge in [0.2, 0.25) is 5.82 Å². The zero-order valence-electron chi connectivity index (χ0n) is 18.8. The summed E-state index contributed by atoms with van der Waals surface area (Å²) in [5.74, 6) is 0.397. The maximum atomic E-state index is 14.8. The Bertz CT molecular complexity index is 1050. The van der Waals surface area contributed by atoms with Gasteiger partial charge in [-0.15, -0.1) is 0 Å². The predicted molar refractivity (Wildman–Crippen MR) is 120 cm³/mol. The summed E-state index contributed by atoms with van der Waals surface area (Å²) in [7, 11) is 1.65. The number of likely N-dealkylation sites (tertiary alicyclic amines) is 1. The van der Waals surface area contributed by atoms with Crippen LogP contribution in [-0.4, -0.2) is 47.7 Å². The van der Waals surface area contributed by atoms with Crippen LogP contribution in [-0.2, 0) is 5.41 Å². The molecule has 6 nitrogen and oxygen atoms in total. The van der Waals surface area contributed by atoms with Crippen LogP contribution in [0, 0.1) is 5.82 Å². The fraction of sp³-hybridized carbons (Fsp3) is 0.360. The molecule has 1 aromatic heterocycles. The average molecular weight is 438 g/mol. The Morgan fingerprint density at radius 2 is 1.50 bits per heavy atom. The fourth-order valence-electron chi connectivity index (χ4n) is 3.73. The van der Waals surface area contributed by atoms with E-state index in [1.165, 1.54) is 6.33 Å². The molecule has 0 unspecified atom stereocenters. The summed E-state index contributed by atoms with van der Waals surface area (Å²) in [4.78, 5) is 10.1. The van der Waals surface area contributed by atoms with Crippen LogP contribution in [0.15, 0.2) is 54.9 Å². The predicted octanol–water partition coefficient (Wildman–Crippen LogP) is 4.83. The summed E-state index contributed by atoms with van der Waals surface area (Å²) in [6.07, 6.45) is 1.19. The lowest BCUT2D eigenvalue weighted by atomic mass is 9.78. The molecule has 168 valence electrons. The molecule has 0 spiro atoms. The highest BCUT2D eigenvalue weighted by atomic mass is 19.1. The van der Waals surface area contributed by atoms with E-state index >= 15 is 0 Å². The summed E-state index contributed by atoms with van der Waals surface area (Å²) in [5.41, 5.74) is 2.04. The Balaban J connectivity index is 1.46. The quantitative estimate of drug-likeness (QED) is 0.503. The number of rotatable bonds is 8. The lowest BCUT2D eigenvalue weighted by Crippen LogP contribution is -2.53. The minimum Gasteiger partial charge on any atom is -0.497 e. The largest absolute Gasteiger partial charge is 0.497 e. The van der Waals surface area contributed by atoms with E-state index in [-0.39, 0.29) is 23.3 Å². The van der Waals surface area contributed by atoms with Crippen LogP contribution < -0.4 is 14.2 Å². The van der Waals surface area contributed by atoms with Gasteiger partial charge in [-0.2, -0.15) is 14.4 Å². The van der Waals surface area contributed by atoms with E-state index in [1.54, 1.807) is 7.11 Å². The topological polar surface area (TPSA) is 56.7 Å². The molecule has 0 amide bonds. The van der Waals surface area contributed by atoms with Crippen LogP contribution in [0.2, 0.25) is 0 Å². The van der Waals surface area contributed by atoms with E-state index < -0.39 is 5.82 Å². The van der Waals surface area contributed by atoms with Crippen molar-refractivity contribution in [1.29, 1.82) is 0 Å². The lowest BCUT2D eigenvalue weighted by Gasteiger charge is -2.37. The Labute approximate surface area is 188 Å². The van der Waals surface area contributed by atoms with Crippen molar-refractivity contribution in [2.75, 3.05) is 26.7 Å². The van der Waals surface area contributed by atoms with Gasteiger partial charge in [0.1, 0.15) is 23.9 Å². The van der Waals surface area contributed by atoms with Crippen LogP contribution in [0.3, 0.4) is 0 Å². The number of halogens is 1. The van der Waals surface area contributed by atoms with Gasteiger partial charge in [-0.05, 0) is 41.9 Å². The van der Waals surface area contributed by atoms with Gasteiger partial charge < -0.3 is 14.2 Å². The summed E-state index contributed by atoms with van der Waals surface area (Å²) in [6.45, 7) is 8.86. The van der Waals surface area contributed by atoms with Crippen LogP contribution in [0.4, 0.5) is 4.39 Å². The minimum atomic E-state index is -0.690. The summed E-state index contributed by atoms with van der Waals surface area (Å²) >= 11 is 0. The van der Waals surface area contributed by atoms with E-state index in [9.17, 15) is 4.39 Å². The number of benzene rings is 2. The molecule has 2 heterocycles. The number of likely N-dealkylation sites (N-methyl/N-ethyl adjacent to an activating group) is 1. The lowest BCUT2D eigenvalue weighted by molar-refractivity contribution is 0.0178. The second-order valence-electron chi connectivity index (χ2n) is 8.37. The molecular weight excluding hydrogens is 409 g/mol. The third-order valence-electron chi connectivity index (χ3n) is 5.98. The van der Waals surface area contributed by atoms with Crippen LogP contribution in [0.5, 0.6) is 23.3 Å². The van der Waals surface area contributed by atoms with E-state index in [4.69, 9.17) is 14.2 Å². The molecule has 1 aliphatic rings. The van der Waals surface area contributed by atoms with Crippen molar-refractivity contribution in [3.05, 3.63) is 71.8 Å². The van der Waals surface area contributed by atoms with E-state index in [0.717, 1.165) is 36.5 Å². The Hall–Kier alpha value is -3.19. The zero-order valence-corrected chi connectivity index (χ0v) is 18.8. The van der Waals surface area contributed by atoms with Crippen molar-refractivity contribution in [1.82, 2.24) is 14.9 Å². The first-order valence-electron chi connectivity index (χ1n) is 10.7. The normalized spacial score (nSPS) is 14.7. The highest BCUT2D eigenvalue weighted by Gasteiger charge is 2.29. The third-order valence-corrected chi connectivity index (χ3v) is 5.98. The van der Waals surface area contributed by atoms with Gasteiger partial charge in [-0.3, -0.25) is 4.90 Å². The van der Waals surface area contributed by atoms with Crippen LogP contribution >= 0.6 is 0 Å². The molecule has 0 bridgehead atoms. The van der Waals surface area contributed by atoms with Crippen molar-refractivity contribution < 1.29 is 18.6 Å². The first kappa shape index (κ1) is 22.0. The smallest absolute Gasteiger partial charge is 0.263 e. The van der Waals surface area contributed by atoms with Crippen molar-refractivity contribution in [2.45, 2.75) is 32.3 Å². The monoisotopic (exact) mass is 437 g/mol. The van der Waals surface area contributed by atoms with Gasteiger partial charge in [-0.1, -0.05) is 45.0 Å². The molecule has 0 saturated carbocycles. The highest BCUT2D eigenvalue weighted by molar-refractivity contribution is 5.42. The zero-order chi connectivity index (χ0) is 22.7. The molecule has 1 fully saturated rings. The van der Waals surface area contributed by atoms with Crippen molar-refractivity contribution in [2.24, 2.45) is 0 Å². The molecule has 3 aromatic rings. The van der Waals surface area contributed by atoms with Crippen LogP contribution in [0.25, 0.3) is 0 Å². The maximum absolute atomic E-state index is 14.8. The Kier molecular flexibility index (Phi) is 6.28. The molecule has 2 aromatic carbocycles. The first-order chi connectivity index (χ1) is 15.4. The molecule has 1 saturated heterocycles. The number of hydrogen-bond donors (Lipinski definition) is 0. The standard InChI is InChI=1S/C25H28FN3O3/c1-5-29-14-21(15-29)32-24-22(26)23(27-16-28-24)31-20-12-8-18(9-13-20)25(2,3)17-6-10-19(30-4)11-7-17/h6-13,16,21H,5,14-15H2,1-4H3. The van der Waals surface area contributed by atoms with E-state index in [0.29, 0.717) is 5.75 Å². The minimum absolute atomic E-state index is 0.0633. The molecular formula is C25H28FN3O3. The van der Waals surface area contributed by atoms with Gasteiger partial charge in [-0.25, -0.2) is 0 Å². The molecule has 0 radical (unpaired) electrons. The molecule has 1 aliphatic heterocycles. The van der Waals surface area contributed by atoms with Crippen molar-refractivity contribution in [3.63, 3.8) is 0 Å². The number of hydrogen-bond acceptors (Lipinski definition) is 6. The first-order valence-corrected chi connectivity index (χ1v) is 10.7. The SMILES string of the molecule is CCN1CC(Oc2ncnc(Oc3ccc(C(C)(C)c4ccc(OC)cc4)cc3)c2F)C1. The molecule has 0 N–H and O–H groups in total. The Morgan fingerprint density at radius 3 is 2.06 bits per heavy atom. The number of nitrogens with zero attached hydrogens (tertiary/aromatic N) is 3. The summed E-state index contributed by atoms with van der Waals surface area (Å²) in [5, 5.41) is 0. The van der Waals surface area contributed by atoms with Gasteiger partial charge in [0.25, 0.3) is 11.8 Å². The molecule has 0 atom stereocenters. The maximum Gasteiger partial charge on any atom is 0.263 e. The van der Waals surface area contributed by atoms with Gasteiger partial charge in [0.05, 0.1) is 7.11 Å². The van der Waals surface area contributed by atoms with E-state index in [2.05, 4.69) is 47.8 Å². The summed E-state index contributed by atoms with van der Waals surface area (Å²) in [6, 6.07) is 15.6. The molecule has 32 heavy (non-hydrogen) atoms. The average Bonchev–Trinajstić information content (AvgIpc) is 2.78. The van der Waals surface area contributed by atoms with Gasteiger partial charge in [0.15, 0.2) is 0 Å². The third kappa shape index (κ3) is 4.53. The summed E-state index contributed by atoms with van der Waals surface area (Å²) < 4.78 is 31.4. The number of aromatic nitrogens is 2. The molecule has 4 rings (SSSR count). The second kappa shape index (κ2) is 9.12.